The predicted molar refractivity (Wildman–Crippen MR) is 66.6 cm³/mol. The highest BCUT2D eigenvalue weighted by atomic mass is 16.2. The molecule has 0 fully saturated rings. The quantitative estimate of drug-likeness (QED) is 0.829. The van der Waals surface area contributed by atoms with Gasteiger partial charge in [-0.15, -0.1) is 0 Å². The number of hydrogen-bond acceptors (Lipinski definition) is 2. The summed E-state index contributed by atoms with van der Waals surface area (Å²) in [6.45, 7) is 6.15. The van der Waals surface area contributed by atoms with Crippen molar-refractivity contribution in [2.24, 2.45) is 16.9 Å². The predicted octanol–water partition coefficient (Wildman–Crippen LogP) is 1.47. The van der Waals surface area contributed by atoms with Crippen molar-refractivity contribution in [2.75, 3.05) is 0 Å². The Labute approximate surface area is 101 Å². The van der Waals surface area contributed by atoms with Gasteiger partial charge in [0.25, 0.3) is 0 Å². The minimum absolute atomic E-state index is 0.000466. The summed E-state index contributed by atoms with van der Waals surface area (Å²) in [5.41, 5.74) is 11.8. The molecule has 0 aliphatic carbocycles. The van der Waals surface area contributed by atoms with Crippen LogP contribution in [0.1, 0.15) is 47.1 Å². The van der Waals surface area contributed by atoms with Crippen LogP contribution in [0.25, 0.3) is 0 Å². The standard InChI is InChI=1S/C13H18N2O2/c1-13(2,3)7-8-5-4-6-9(11(14)16)10(8)12(15)17/h4-6H,7H2,1-3H3,(H2,14,16)(H2,15,17). The lowest BCUT2D eigenvalue weighted by molar-refractivity contribution is 0.0966. The van der Waals surface area contributed by atoms with E-state index >= 15 is 0 Å². The van der Waals surface area contributed by atoms with Gasteiger partial charge in [-0.05, 0) is 23.5 Å². The van der Waals surface area contributed by atoms with E-state index in [4.69, 9.17) is 11.5 Å². The highest BCUT2D eigenvalue weighted by molar-refractivity contribution is 6.07. The number of nitrogens with two attached hydrogens (primary N) is 2. The first kappa shape index (κ1) is 13.2. The Bertz CT molecular complexity index is 459. The van der Waals surface area contributed by atoms with E-state index in [0.29, 0.717) is 6.42 Å². The van der Waals surface area contributed by atoms with E-state index in [-0.39, 0.29) is 16.5 Å². The van der Waals surface area contributed by atoms with Crippen LogP contribution in [0, 0.1) is 5.41 Å². The molecule has 1 aromatic rings. The first-order valence-electron chi connectivity index (χ1n) is 5.44. The van der Waals surface area contributed by atoms with Gasteiger partial charge in [-0.25, -0.2) is 0 Å². The first-order chi connectivity index (χ1) is 7.72. The van der Waals surface area contributed by atoms with Gasteiger partial charge in [0.2, 0.25) is 11.8 Å². The van der Waals surface area contributed by atoms with E-state index < -0.39 is 11.8 Å². The van der Waals surface area contributed by atoms with Crippen molar-refractivity contribution < 1.29 is 9.59 Å². The van der Waals surface area contributed by atoms with Crippen molar-refractivity contribution in [2.45, 2.75) is 27.2 Å². The highest BCUT2D eigenvalue weighted by Gasteiger charge is 2.20. The second-order valence-corrected chi connectivity index (χ2v) is 5.31. The van der Waals surface area contributed by atoms with Crippen LogP contribution in [0.4, 0.5) is 0 Å². The van der Waals surface area contributed by atoms with Gasteiger partial charge in [-0.1, -0.05) is 32.9 Å². The van der Waals surface area contributed by atoms with Crippen LogP contribution in [-0.2, 0) is 6.42 Å². The Kier molecular flexibility index (Phi) is 3.56. The molecule has 17 heavy (non-hydrogen) atoms. The summed E-state index contributed by atoms with van der Waals surface area (Å²) in [6, 6.07) is 5.04. The molecule has 4 N–H and O–H groups in total. The molecule has 0 aromatic heterocycles. The summed E-state index contributed by atoms with van der Waals surface area (Å²) in [4.78, 5) is 22.7. The molecule has 4 heteroatoms. The third-order valence-electron chi connectivity index (χ3n) is 2.38. The van der Waals surface area contributed by atoms with Gasteiger partial charge in [0.15, 0.2) is 0 Å². The third-order valence-corrected chi connectivity index (χ3v) is 2.38. The monoisotopic (exact) mass is 234 g/mol. The third kappa shape index (κ3) is 3.31. The van der Waals surface area contributed by atoms with Crippen molar-refractivity contribution in [1.82, 2.24) is 0 Å². The molecule has 0 bridgehead atoms. The van der Waals surface area contributed by atoms with Gasteiger partial charge in [0.1, 0.15) is 0 Å². The zero-order chi connectivity index (χ0) is 13.2. The maximum atomic E-state index is 11.4. The van der Waals surface area contributed by atoms with E-state index in [9.17, 15) is 9.59 Å². The normalized spacial score (nSPS) is 11.2. The lowest BCUT2D eigenvalue weighted by Gasteiger charge is -2.20. The van der Waals surface area contributed by atoms with E-state index in [1.807, 2.05) is 0 Å². The molecule has 2 amide bonds. The van der Waals surface area contributed by atoms with Crippen LogP contribution in [0.5, 0.6) is 0 Å². The van der Waals surface area contributed by atoms with Crippen LogP contribution >= 0.6 is 0 Å². The fourth-order valence-electron chi connectivity index (χ4n) is 1.82. The molecule has 0 saturated heterocycles. The van der Waals surface area contributed by atoms with Gasteiger partial charge in [-0.2, -0.15) is 0 Å². The highest BCUT2D eigenvalue weighted by Crippen LogP contribution is 2.24. The molecule has 92 valence electrons. The molecule has 0 radical (unpaired) electrons. The average molecular weight is 234 g/mol. The Morgan fingerprint density at radius 1 is 1.12 bits per heavy atom. The molecule has 0 unspecified atom stereocenters. The van der Waals surface area contributed by atoms with Crippen LogP contribution in [0.3, 0.4) is 0 Å². The zero-order valence-corrected chi connectivity index (χ0v) is 10.4. The first-order valence-corrected chi connectivity index (χ1v) is 5.44. The molecule has 0 aliphatic heterocycles. The van der Waals surface area contributed by atoms with Crippen LogP contribution in [0.15, 0.2) is 18.2 Å². The minimum Gasteiger partial charge on any atom is -0.366 e. The molecule has 0 heterocycles. The van der Waals surface area contributed by atoms with Crippen LogP contribution in [0.2, 0.25) is 0 Å². The van der Waals surface area contributed by atoms with Crippen LogP contribution < -0.4 is 11.5 Å². The molecule has 0 aliphatic rings. The fraction of sp³-hybridized carbons (Fsp3) is 0.385. The maximum Gasteiger partial charge on any atom is 0.249 e. The molecule has 0 saturated carbocycles. The number of carbonyl (C=O) groups excluding carboxylic acids is 2. The molecule has 1 aromatic carbocycles. The minimum atomic E-state index is -0.630. The van der Waals surface area contributed by atoms with E-state index in [2.05, 4.69) is 20.8 Å². The van der Waals surface area contributed by atoms with Gasteiger partial charge >= 0.3 is 0 Å². The van der Waals surface area contributed by atoms with Gasteiger partial charge in [-0.3, -0.25) is 9.59 Å². The Morgan fingerprint density at radius 2 is 1.71 bits per heavy atom. The molecular weight excluding hydrogens is 216 g/mol. The number of carbonyl (C=O) groups is 2. The number of hydrogen-bond donors (Lipinski definition) is 2. The van der Waals surface area contributed by atoms with Crippen molar-refractivity contribution in [1.29, 1.82) is 0 Å². The Balaban J connectivity index is 3.35. The summed E-state index contributed by atoms with van der Waals surface area (Å²) in [5.74, 6) is -1.24. The maximum absolute atomic E-state index is 11.4. The number of primary amides is 2. The largest absolute Gasteiger partial charge is 0.366 e. The number of benzene rings is 1. The Morgan fingerprint density at radius 3 is 2.12 bits per heavy atom. The SMILES string of the molecule is CC(C)(C)Cc1cccc(C(N)=O)c1C(N)=O. The summed E-state index contributed by atoms with van der Waals surface area (Å²) in [5, 5.41) is 0. The van der Waals surface area contributed by atoms with Gasteiger partial charge in [0.05, 0.1) is 11.1 Å². The topological polar surface area (TPSA) is 86.2 Å². The number of rotatable bonds is 3. The van der Waals surface area contributed by atoms with Crippen LogP contribution in [-0.4, -0.2) is 11.8 Å². The van der Waals surface area contributed by atoms with E-state index in [1.165, 1.54) is 6.07 Å². The molecule has 0 spiro atoms. The summed E-state index contributed by atoms with van der Waals surface area (Å²) < 4.78 is 0. The van der Waals surface area contributed by atoms with Crippen molar-refractivity contribution in [3.8, 4) is 0 Å². The summed E-state index contributed by atoms with van der Waals surface area (Å²) in [6.07, 6.45) is 0.659. The van der Waals surface area contributed by atoms with Gasteiger partial charge in [0, 0.05) is 0 Å². The molecule has 0 atom stereocenters. The molecule has 1 rings (SSSR count). The van der Waals surface area contributed by atoms with Crippen molar-refractivity contribution in [3.05, 3.63) is 34.9 Å². The molecular formula is C13H18N2O2. The van der Waals surface area contributed by atoms with E-state index in [0.717, 1.165) is 5.56 Å². The zero-order valence-electron chi connectivity index (χ0n) is 10.4. The number of amides is 2. The Hall–Kier alpha value is -1.84. The summed E-state index contributed by atoms with van der Waals surface area (Å²) >= 11 is 0. The molecule has 4 nitrogen and oxygen atoms in total. The van der Waals surface area contributed by atoms with E-state index in [1.54, 1.807) is 12.1 Å². The second-order valence-electron chi connectivity index (χ2n) is 5.31. The lowest BCUT2D eigenvalue weighted by Crippen LogP contribution is -2.24. The second kappa shape index (κ2) is 4.57. The van der Waals surface area contributed by atoms with Crippen molar-refractivity contribution in [3.63, 3.8) is 0 Å². The fourth-order valence-corrected chi connectivity index (χ4v) is 1.82. The van der Waals surface area contributed by atoms with Crippen molar-refractivity contribution >= 4 is 11.8 Å². The lowest BCUT2D eigenvalue weighted by atomic mass is 9.85. The van der Waals surface area contributed by atoms with Gasteiger partial charge < -0.3 is 11.5 Å². The average Bonchev–Trinajstić information content (AvgIpc) is 2.14. The summed E-state index contributed by atoms with van der Waals surface area (Å²) in [7, 11) is 0. The smallest absolute Gasteiger partial charge is 0.249 e.